The van der Waals surface area contributed by atoms with Gasteiger partial charge in [-0.1, -0.05) is 38.1 Å². The number of rotatable bonds is 2. The lowest BCUT2D eigenvalue weighted by Gasteiger charge is -2.33. The highest BCUT2D eigenvalue weighted by molar-refractivity contribution is 6.61. The molecule has 1 unspecified atom stereocenters. The molecule has 2 saturated heterocycles. The monoisotopic (exact) mass is 274 g/mol. The molecule has 4 heteroatoms. The van der Waals surface area contributed by atoms with Crippen molar-refractivity contribution in [3.8, 4) is 0 Å². The van der Waals surface area contributed by atoms with Crippen molar-refractivity contribution in [3.63, 3.8) is 0 Å². The van der Waals surface area contributed by atoms with Gasteiger partial charge < -0.3 is 14.0 Å². The van der Waals surface area contributed by atoms with Crippen molar-refractivity contribution in [2.24, 2.45) is 5.41 Å². The van der Waals surface area contributed by atoms with E-state index in [0.717, 1.165) is 31.7 Å². The van der Waals surface area contributed by atoms with Gasteiger partial charge in [0.1, 0.15) is 0 Å². The van der Waals surface area contributed by atoms with Crippen LogP contribution in [0.5, 0.6) is 0 Å². The van der Waals surface area contributed by atoms with Gasteiger partial charge in [-0.3, -0.25) is 0 Å². The minimum Gasteiger partial charge on any atom is -0.407 e. The molecule has 0 spiro atoms. The summed E-state index contributed by atoms with van der Waals surface area (Å²) in [6.45, 7) is 6.69. The normalized spacial score (nSPS) is 26.5. The first-order chi connectivity index (χ1) is 9.64. The molecule has 0 saturated carbocycles. The number of benzene rings is 1. The Morgan fingerprint density at radius 2 is 1.75 bits per heavy atom. The third-order valence-electron chi connectivity index (χ3n) is 4.01. The van der Waals surface area contributed by atoms with E-state index >= 15 is 0 Å². The lowest BCUT2D eigenvalue weighted by atomic mass is 9.75. The Balaban J connectivity index is 1.64. The molecule has 0 aliphatic carbocycles. The quantitative estimate of drug-likeness (QED) is 0.776. The van der Waals surface area contributed by atoms with Crippen molar-refractivity contribution in [2.75, 3.05) is 19.8 Å². The molecule has 2 fully saturated rings. The molecule has 2 aliphatic rings. The fraction of sp³-hybridized carbons (Fsp3) is 0.625. The van der Waals surface area contributed by atoms with Gasteiger partial charge in [-0.2, -0.15) is 0 Å². The van der Waals surface area contributed by atoms with Crippen molar-refractivity contribution >= 4 is 12.6 Å². The van der Waals surface area contributed by atoms with Crippen LogP contribution in [0.15, 0.2) is 24.3 Å². The van der Waals surface area contributed by atoms with Crippen LogP contribution in [-0.4, -0.2) is 26.9 Å². The zero-order valence-corrected chi connectivity index (χ0v) is 12.4. The van der Waals surface area contributed by atoms with Gasteiger partial charge in [0.25, 0.3) is 0 Å². The molecular weight excluding hydrogens is 251 g/mol. The van der Waals surface area contributed by atoms with E-state index in [2.05, 4.69) is 38.1 Å². The van der Waals surface area contributed by atoms with Crippen LogP contribution in [-0.2, 0) is 14.0 Å². The summed E-state index contributed by atoms with van der Waals surface area (Å²) < 4.78 is 17.4. The Hall–Kier alpha value is -0.835. The van der Waals surface area contributed by atoms with Gasteiger partial charge in [0.2, 0.25) is 0 Å². The van der Waals surface area contributed by atoms with Crippen molar-refractivity contribution in [2.45, 2.75) is 39.2 Å². The molecule has 0 amide bonds. The van der Waals surface area contributed by atoms with Crippen LogP contribution < -0.4 is 5.46 Å². The molecule has 0 radical (unpaired) electrons. The summed E-state index contributed by atoms with van der Waals surface area (Å²) in [6, 6.07) is 8.52. The average molecular weight is 274 g/mol. The Labute approximate surface area is 121 Å². The Bertz CT molecular complexity index is 428. The first-order valence-electron chi connectivity index (χ1n) is 7.59. The predicted octanol–water partition coefficient (Wildman–Crippen LogP) is 2.70. The summed E-state index contributed by atoms with van der Waals surface area (Å²) in [4.78, 5) is 0. The fourth-order valence-electron chi connectivity index (χ4n) is 2.76. The molecule has 1 aromatic carbocycles. The summed E-state index contributed by atoms with van der Waals surface area (Å²) in [6.07, 6.45) is 3.85. The van der Waals surface area contributed by atoms with Crippen molar-refractivity contribution in [1.82, 2.24) is 0 Å². The first-order valence-corrected chi connectivity index (χ1v) is 7.59. The second-order valence-electron chi connectivity index (χ2n) is 6.64. The fourth-order valence-corrected chi connectivity index (χ4v) is 2.76. The van der Waals surface area contributed by atoms with Crippen LogP contribution in [0.3, 0.4) is 0 Å². The molecule has 1 atom stereocenters. The summed E-state index contributed by atoms with van der Waals surface area (Å²) in [7, 11) is -0.218. The lowest BCUT2D eigenvalue weighted by molar-refractivity contribution is 0.0149. The maximum Gasteiger partial charge on any atom is 0.493 e. The minimum atomic E-state index is -0.218. The van der Waals surface area contributed by atoms with E-state index in [9.17, 15) is 0 Å². The molecule has 0 aromatic heterocycles. The van der Waals surface area contributed by atoms with E-state index in [1.807, 2.05) is 0 Å². The SMILES string of the molecule is CC1(C)COB(c2ccc(C3CCCCO3)cc2)OC1. The molecule has 1 aromatic rings. The molecule has 2 aliphatic heterocycles. The Morgan fingerprint density at radius 3 is 2.35 bits per heavy atom. The van der Waals surface area contributed by atoms with Crippen molar-refractivity contribution < 1.29 is 14.0 Å². The van der Waals surface area contributed by atoms with E-state index in [1.165, 1.54) is 18.4 Å². The molecule has 2 heterocycles. The van der Waals surface area contributed by atoms with E-state index in [-0.39, 0.29) is 18.6 Å². The number of hydrogen-bond acceptors (Lipinski definition) is 3. The molecule has 0 N–H and O–H groups in total. The largest absolute Gasteiger partial charge is 0.493 e. The van der Waals surface area contributed by atoms with Crippen LogP contribution in [0.4, 0.5) is 0 Å². The van der Waals surface area contributed by atoms with Crippen LogP contribution in [0.1, 0.15) is 44.8 Å². The second kappa shape index (κ2) is 5.88. The summed E-state index contributed by atoms with van der Waals surface area (Å²) in [5.74, 6) is 0. The smallest absolute Gasteiger partial charge is 0.407 e. The van der Waals surface area contributed by atoms with Gasteiger partial charge in [-0.25, -0.2) is 0 Å². The number of ether oxygens (including phenoxy) is 1. The maximum atomic E-state index is 5.81. The molecule has 3 nitrogen and oxygen atoms in total. The highest BCUT2D eigenvalue weighted by Gasteiger charge is 2.33. The second-order valence-corrected chi connectivity index (χ2v) is 6.64. The zero-order valence-electron chi connectivity index (χ0n) is 12.4. The van der Waals surface area contributed by atoms with Gasteiger partial charge in [0.05, 0.1) is 6.10 Å². The molecular formula is C16H23BO3. The highest BCUT2D eigenvalue weighted by Crippen LogP contribution is 2.27. The molecule has 20 heavy (non-hydrogen) atoms. The van der Waals surface area contributed by atoms with Gasteiger partial charge in [-0.15, -0.1) is 0 Å². The summed E-state index contributed by atoms with van der Waals surface area (Å²) in [5, 5.41) is 0. The number of hydrogen-bond donors (Lipinski definition) is 0. The maximum absolute atomic E-state index is 5.81. The van der Waals surface area contributed by atoms with Crippen LogP contribution in [0.25, 0.3) is 0 Å². The minimum absolute atomic E-state index is 0.117. The van der Waals surface area contributed by atoms with E-state index < -0.39 is 0 Å². The third-order valence-corrected chi connectivity index (χ3v) is 4.01. The van der Waals surface area contributed by atoms with E-state index in [1.54, 1.807) is 0 Å². The molecule has 0 bridgehead atoms. The summed E-state index contributed by atoms with van der Waals surface area (Å²) >= 11 is 0. The Morgan fingerprint density at radius 1 is 1.05 bits per heavy atom. The average Bonchev–Trinajstić information content (AvgIpc) is 2.48. The molecule has 3 rings (SSSR count). The predicted molar refractivity (Wildman–Crippen MR) is 80.1 cm³/mol. The summed E-state index contributed by atoms with van der Waals surface area (Å²) in [5.41, 5.74) is 2.48. The lowest BCUT2D eigenvalue weighted by Crippen LogP contribution is -2.47. The van der Waals surface area contributed by atoms with Crippen molar-refractivity contribution in [1.29, 1.82) is 0 Å². The van der Waals surface area contributed by atoms with Gasteiger partial charge in [0.15, 0.2) is 0 Å². The van der Waals surface area contributed by atoms with Crippen LogP contribution >= 0.6 is 0 Å². The van der Waals surface area contributed by atoms with E-state index in [0.29, 0.717) is 0 Å². The van der Waals surface area contributed by atoms with Gasteiger partial charge >= 0.3 is 7.12 Å². The van der Waals surface area contributed by atoms with Gasteiger partial charge in [0, 0.05) is 25.2 Å². The Kier molecular flexibility index (Phi) is 4.15. The highest BCUT2D eigenvalue weighted by atomic mass is 16.6. The van der Waals surface area contributed by atoms with Crippen molar-refractivity contribution in [3.05, 3.63) is 29.8 Å². The first kappa shape index (κ1) is 14.1. The third kappa shape index (κ3) is 3.25. The zero-order chi connectivity index (χ0) is 14.0. The molecule has 108 valence electrons. The standard InChI is InChI=1S/C16H23BO3/c1-16(2)11-19-17(20-12-16)14-8-6-13(7-9-14)15-5-3-4-10-18-15/h6-9,15H,3-5,10-12H2,1-2H3. The van der Waals surface area contributed by atoms with Crippen LogP contribution in [0.2, 0.25) is 0 Å². The van der Waals surface area contributed by atoms with Crippen LogP contribution in [0, 0.1) is 5.41 Å². The van der Waals surface area contributed by atoms with E-state index in [4.69, 9.17) is 14.0 Å². The van der Waals surface area contributed by atoms with Gasteiger partial charge in [-0.05, 0) is 30.3 Å². The topological polar surface area (TPSA) is 27.7 Å².